The maximum atomic E-state index is 12.4. The van der Waals surface area contributed by atoms with E-state index < -0.39 is 0 Å². The van der Waals surface area contributed by atoms with Crippen molar-refractivity contribution < 1.29 is 14.3 Å². The molecule has 0 aliphatic heterocycles. The van der Waals surface area contributed by atoms with Crippen molar-refractivity contribution in [2.24, 2.45) is 0 Å². The molecular weight excluding hydrogens is 300 g/mol. The van der Waals surface area contributed by atoms with Gasteiger partial charge in [0.05, 0.1) is 6.61 Å². The first-order valence-electron chi connectivity index (χ1n) is 7.83. The van der Waals surface area contributed by atoms with E-state index in [4.69, 9.17) is 4.74 Å². The summed E-state index contributed by atoms with van der Waals surface area (Å²) in [5.74, 6) is -0.348. The minimum atomic E-state index is -0.359. The predicted octanol–water partition coefficient (Wildman–Crippen LogP) is 4.36. The van der Waals surface area contributed by atoms with E-state index in [1.165, 1.54) is 6.08 Å². The van der Waals surface area contributed by atoms with E-state index in [0.29, 0.717) is 17.7 Å². The van der Waals surface area contributed by atoms with Crippen molar-refractivity contribution in [3.63, 3.8) is 0 Å². The molecule has 0 N–H and O–H groups in total. The number of hydrogen-bond donors (Lipinski definition) is 0. The summed E-state index contributed by atoms with van der Waals surface area (Å²) in [5.41, 5.74) is 3.33. The van der Waals surface area contributed by atoms with Crippen molar-refractivity contribution >= 4 is 17.8 Å². The molecule has 0 saturated carbocycles. The van der Waals surface area contributed by atoms with Gasteiger partial charge in [-0.15, -0.1) is 0 Å². The number of ether oxygens (including phenoxy) is 1. The largest absolute Gasteiger partial charge is 0.463 e. The number of rotatable bonds is 6. The minimum absolute atomic E-state index is 0.0106. The fourth-order valence-corrected chi connectivity index (χ4v) is 2.24. The van der Waals surface area contributed by atoms with Crippen LogP contribution in [0.2, 0.25) is 0 Å². The smallest absolute Gasteiger partial charge is 0.330 e. The zero-order valence-electron chi connectivity index (χ0n) is 13.9. The molecule has 0 unspecified atom stereocenters. The van der Waals surface area contributed by atoms with Gasteiger partial charge >= 0.3 is 5.97 Å². The summed E-state index contributed by atoms with van der Waals surface area (Å²) in [7, 11) is 0. The summed E-state index contributed by atoms with van der Waals surface area (Å²) in [5, 5.41) is 0. The predicted molar refractivity (Wildman–Crippen MR) is 95.9 cm³/mol. The fourth-order valence-electron chi connectivity index (χ4n) is 2.24. The van der Waals surface area contributed by atoms with E-state index >= 15 is 0 Å². The van der Waals surface area contributed by atoms with Crippen LogP contribution in [-0.2, 0) is 9.53 Å². The Morgan fingerprint density at radius 2 is 1.75 bits per heavy atom. The molecule has 0 heterocycles. The van der Waals surface area contributed by atoms with Crippen molar-refractivity contribution in [1.82, 2.24) is 0 Å². The Kier molecular flexibility index (Phi) is 6.26. The Morgan fingerprint density at radius 1 is 1.00 bits per heavy atom. The van der Waals surface area contributed by atoms with Gasteiger partial charge in [0.2, 0.25) is 0 Å². The standard InChI is InChI=1S/C21H20O3/c1-3-24-20(22)12-8-7-9-17-13-14-19(15-16(17)2)21(23)18-10-5-4-6-11-18/h4-15H,3H2,1-2H3. The van der Waals surface area contributed by atoms with Crippen LogP contribution in [0.3, 0.4) is 0 Å². The first-order chi connectivity index (χ1) is 11.6. The molecule has 0 radical (unpaired) electrons. The van der Waals surface area contributed by atoms with Gasteiger partial charge in [0.25, 0.3) is 0 Å². The van der Waals surface area contributed by atoms with Gasteiger partial charge in [-0.2, -0.15) is 0 Å². The minimum Gasteiger partial charge on any atom is -0.463 e. The van der Waals surface area contributed by atoms with Crippen LogP contribution in [0.15, 0.2) is 66.8 Å². The fraction of sp³-hybridized carbons (Fsp3) is 0.143. The normalized spacial score (nSPS) is 11.1. The van der Waals surface area contributed by atoms with Crippen LogP contribution in [0.5, 0.6) is 0 Å². The molecular formula is C21H20O3. The number of aryl methyl sites for hydroxylation is 1. The Hall–Kier alpha value is -2.94. The highest BCUT2D eigenvalue weighted by Crippen LogP contribution is 2.16. The number of esters is 1. The monoisotopic (exact) mass is 320 g/mol. The molecule has 0 amide bonds. The number of ketones is 1. The number of carbonyl (C=O) groups is 2. The summed E-state index contributed by atoms with van der Waals surface area (Å²) < 4.78 is 4.80. The summed E-state index contributed by atoms with van der Waals surface area (Å²) in [6.45, 7) is 4.09. The molecule has 0 fully saturated rings. The van der Waals surface area contributed by atoms with E-state index in [0.717, 1.165) is 11.1 Å². The van der Waals surface area contributed by atoms with E-state index in [-0.39, 0.29) is 11.8 Å². The third kappa shape index (κ3) is 4.78. The van der Waals surface area contributed by atoms with Crippen LogP contribution < -0.4 is 0 Å². The summed E-state index contributed by atoms with van der Waals surface area (Å²) >= 11 is 0. The van der Waals surface area contributed by atoms with Crippen molar-refractivity contribution in [2.75, 3.05) is 6.61 Å². The second kappa shape index (κ2) is 8.63. The Labute approximate surface area is 142 Å². The third-order valence-electron chi connectivity index (χ3n) is 3.47. The molecule has 0 atom stereocenters. The number of hydrogen-bond acceptors (Lipinski definition) is 3. The van der Waals surface area contributed by atoms with Crippen molar-refractivity contribution in [2.45, 2.75) is 13.8 Å². The van der Waals surface area contributed by atoms with Gasteiger partial charge in [-0.05, 0) is 31.0 Å². The van der Waals surface area contributed by atoms with Crippen LogP contribution in [0.4, 0.5) is 0 Å². The molecule has 2 rings (SSSR count). The first-order valence-corrected chi connectivity index (χ1v) is 7.83. The van der Waals surface area contributed by atoms with E-state index in [2.05, 4.69) is 0 Å². The van der Waals surface area contributed by atoms with Crippen LogP contribution in [-0.4, -0.2) is 18.4 Å². The van der Waals surface area contributed by atoms with Gasteiger partial charge in [-0.3, -0.25) is 4.79 Å². The molecule has 3 heteroatoms. The maximum absolute atomic E-state index is 12.4. The highest BCUT2D eigenvalue weighted by atomic mass is 16.5. The van der Waals surface area contributed by atoms with Crippen LogP contribution in [0.25, 0.3) is 6.08 Å². The highest BCUT2D eigenvalue weighted by Gasteiger charge is 2.09. The third-order valence-corrected chi connectivity index (χ3v) is 3.47. The molecule has 0 bridgehead atoms. The quantitative estimate of drug-likeness (QED) is 0.344. The molecule has 0 saturated heterocycles. The lowest BCUT2D eigenvalue weighted by Gasteiger charge is -2.05. The van der Waals surface area contributed by atoms with Crippen molar-refractivity contribution in [1.29, 1.82) is 0 Å². The molecule has 0 aromatic heterocycles. The molecule has 2 aromatic rings. The molecule has 24 heavy (non-hydrogen) atoms. The van der Waals surface area contributed by atoms with Crippen molar-refractivity contribution in [3.05, 3.63) is 89.0 Å². The van der Waals surface area contributed by atoms with Gasteiger partial charge in [0, 0.05) is 17.2 Å². The average molecular weight is 320 g/mol. The lowest BCUT2D eigenvalue weighted by atomic mass is 9.98. The second-order valence-corrected chi connectivity index (χ2v) is 5.24. The topological polar surface area (TPSA) is 43.4 Å². The Morgan fingerprint density at radius 3 is 2.42 bits per heavy atom. The molecule has 0 aliphatic carbocycles. The Balaban J connectivity index is 2.10. The Bertz CT molecular complexity index is 771. The van der Waals surface area contributed by atoms with Gasteiger partial charge in [-0.1, -0.05) is 60.7 Å². The van der Waals surface area contributed by atoms with Gasteiger partial charge in [-0.25, -0.2) is 4.79 Å². The first kappa shape index (κ1) is 17.4. The van der Waals surface area contributed by atoms with E-state index in [1.807, 2.05) is 61.5 Å². The summed E-state index contributed by atoms with van der Waals surface area (Å²) in [6, 6.07) is 14.8. The summed E-state index contributed by atoms with van der Waals surface area (Å²) in [4.78, 5) is 23.6. The van der Waals surface area contributed by atoms with Gasteiger partial charge in [0.15, 0.2) is 5.78 Å². The molecule has 0 spiro atoms. The lowest BCUT2D eigenvalue weighted by Crippen LogP contribution is -2.01. The molecule has 3 nitrogen and oxygen atoms in total. The van der Waals surface area contributed by atoms with Gasteiger partial charge < -0.3 is 4.74 Å². The average Bonchev–Trinajstić information content (AvgIpc) is 2.60. The lowest BCUT2D eigenvalue weighted by molar-refractivity contribution is -0.137. The highest BCUT2D eigenvalue weighted by molar-refractivity contribution is 6.09. The SMILES string of the molecule is CCOC(=O)C=CC=Cc1ccc(C(=O)c2ccccc2)cc1C. The second-order valence-electron chi connectivity index (χ2n) is 5.24. The van der Waals surface area contributed by atoms with E-state index in [9.17, 15) is 9.59 Å². The molecule has 122 valence electrons. The molecule has 2 aromatic carbocycles. The number of allylic oxidation sites excluding steroid dienone is 2. The van der Waals surface area contributed by atoms with Crippen LogP contribution in [0, 0.1) is 6.92 Å². The molecule has 0 aliphatic rings. The number of benzene rings is 2. The van der Waals surface area contributed by atoms with Crippen LogP contribution >= 0.6 is 0 Å². The van der Waals surface area contributed by atoms with E-state index in [1.54, 1.807) is 19.1 Å². The van der Waals surface area contributed by atoms with Crippen LogP contribution in [0.1, 0.15) is 34.0 Å². The zero-order valence-corrected chi connectivity index (χ0v) is 13.9. The number of carbonyl (C=O) groups excluding carboxylic acids is 2. The van der Waals surface area contributed by atoms with Crippen molar-refractivity contribution in [3.8, 4) is 0 Å². The van der Waals surface area contributed by atoms with Gasteiger partial charge in [0.1, 0.15) is 0 Å². The summed E-state index contributed by atoms with van der Waals surface area (Å²) in [6.07, 6.45) is 6.68. The zero-order chi connectivity index (χ0) is 17.4. The maximum Gasteiger partial charge on any atom is 0.330 e.